The predicted molar refractivity (Wildman–Crippen MR) is 122 cm³/mol. The Balaban J connectivity index is 2.11. The van der Waals surface area contributed by atoms with Gasteiger partial charge >= 0.3 is 0 Å². The Morgan fingerprint density at radius 3 is 2.48 bits per heavy atom. The fraction of sp³-hybridized carbons (Fsp3) is 0.391. The fourth-order valence-electron chi connectivity index (χ4n) is 3.18. The quantitative estimate of drug-likeness (QED) is 0.585. The molecule has 0 fully saturated rings. The van der Waals surface area contributed by atoms with Gasteiger partial charge < -0.3 is 10.2 Å². The summed E-state index contributed by atoms with van der Waals surface area (Å²) in [5.41, 5.74) is 3.24. The van der Waals surface area contributed by atoms with Gasteiger partial charge in [-0.25, -0.2) is 0 Å². The van der Waals surface area contributed by atoms with Crippen molar-refractivity contribution in [3.8, 4) is 0 Å². The fourth-order valence-corrected chi connectivity index (χ4v) is 4.26. The molecule has 0 radical (unpaired) electrons. The van der Waals surface area contributed by atoms with E-state index in [0.717, 1.165) is 16.7 Å². The highest BCUT2D eigenvalue weighted by molar-refractivity contribution is 7.99. The predicted octanol–water partition coefficient (Wildman–Crippen LogP) is 4.83. The molecule has 0 spiro atoms. The van der Waals surface area contributed by atoms with E-state index >= 15 is 0 Å². The zero-order valence-electron chi connectivity index (χ0n) is 17.3. The summed E-state index contributed by atoms with van der Waals surface area (Å²) in [5, 5.41) is 3.56. The van der Waals surface area contributed by atoms with Gasteiger partial charge in [-0.15, -0.1) is 11.8 Å². The molecule has 2 rings (SSSR count). The van der Waals surface area contributed by atoms with Crippen LogP contribution in [0.3, 0.4) is 0 Å². The molecule has 156 valence electrons. The van der Waals surface area contributed by atoms with Crippen LogP contribution in [0.15, 0.2) is 48.5 Å². The minimum atomic E-state index is -0.477. The van der Waals surface area contributed by atoms with E-state index in [1.165, 1.54) is 11.8 Å². The van der Waals surface area contributed by atoms with E-state index in [0.29, 0.717) is 36.0 Å². The number of nitrogens with one attached hydrogen (secondary N) is 1. The Bertz CT molecular complexity index is 828. The number of likely N-dealkylation sites (N-methyl/N-ethyl adjacent to an activating group) is 1. The van der Waals surface area contributed by atoms with Crippen molar-refractivity contribution in [2.75, 3.05) is 12.3 Å². The number of hydrogen-bond acceptors (Lipinski definition) is 3. The second-order valence-corrected chi connectivity index (χ2v) is 8.37. The topological polar surface area (TPSA) is 49.4 Å². The van der Waals surface area contributed by atoms with Crippen LogP contribution in [0.1, 0.15) is 37.0 Å². The zero-order valence-corrected chi connectivity index (χ0v) is 18.9. The average Bonchev–Trinajstić information content (AvgIpc) is 2.68. The number of halogens is 1. The molecule has 0 saturated heterocycles. The minimum Gasteiger partial charge on any atom is -0.355 e. The van der Waals surface area contributed by atoms with Gasteiger partial charge in [0.15, 0.2) is 0 Å². The molecular weight excluding hydrogens is 404 g/mol. The molecule has 4 nitrogen and oxygen atoms in total. The van der Waals surface area contributed by atoms with Crippen LogP contribution in [0, 0.1) is 6.92 Å². The van der Waals surface area contributed by atoms with Gasteiger partial charge in [-0.1, -0.05) is 60.5 Å². The number of amides is 2. The average molecular weight is 433 g/mol. The van der Waals surface area contributed by atoms with Crippen LogP contribution >= 0.6 is 23.4 Å². The summed E-state index contributed by atoms with van der Waals surface area (Å²) in [6.45, 7) is 6.82. The number of thioether (sulfide) groups is 1. The standard InChI is InChI=1S/C23H29ClN2O2S/c1-4-21(23(28)25-5-2)26(14-18-9-6-8-17(3)12-18)22(27)16-29-15-19-10-7-11-20(24)13-19/h6-13,21H,4-5,14-16H2,1-3H3,(H,25,28)/t21-/m0/s1. The van der Waals surface area contributed by atoms with E-state index in [4.69, 9.17) is 11.6 Å². The molecule has 0 unspecified atom stereocenters. The number of carbonyl (C=O) groups excluding carboxylic acids is 2. The monoisotopic (exact) mass is 432 g/mol. The number of hydrogen-bond donors (Lipinski definition) is 1. The van der Waals surface area contributed by atoms with Gasteiger partial charge in [0.05, 0.1) is 5.75 Å². The second kappa shape index (κ2) is 11.9. The van der Waals surface area contributed by atoms with Crippen molar-refractivity contribution >= 4 is 35.2 Å². The van der Waals surface area contributed by atoms with Crippen molar-refractivity contribution in [3.05, 3.63) is 70.2 Å². The summed E-state index contributed by atoms with van der Waals surface area (Å²) in [7, 11) is 0. The number of rotatable bonds is 10. The molecule has 1 atom stereocenters. The van der Waals surface area contributed by atoms with Crippen molar-refractivity contribution in [3.63, 3.8) is 0 Å². The Hall–Kier alpha value is -1.98. The van der Waals surface area contributed by atoms with Gasteiger partial charge in [-0.3, -0.25) is 9.59 Å². The molecular formula is C23H29ClN2O2S. The largest absolute Gasteiger partial charge is 0.355 e. The van der Waals surface area contributed by atoms with Crippen molar-refractivity contribution in [1.29, 1.82) is 0 Å². The van der Waals surface area contributed by atoms with Gasteiger partial charge in [-0.2, -0.15) is 0 Å². The van der Waals surface area contributed by atoms with Crippen LogP contribution in [-0.4, -0.2) is 35.1 Å². The maximum absolute atomic E-state index is 13.1. The second-order valence-electron chi connectivity index (χ2n) is 6.95. The minimum absolute atomic E-state index is 0.0309. The maximum Gasteiger partial charge on any atom is 0.242 e. The molecule has 0 saturated carbocycles. The molecule has 0 aromatic heterocycles. The SMILES string of the molecule is CCNC(=O)[C@H](CC)N(Cc1cccc(C)c1)C(=O)CSCc1cccc(Cl)c1. The summed E-state index contributed by atoms with van der Waals surface area (Å²) in [6, 6.07) is 15.2. The van der Waals surface area contributed by atoms with Gasteiger partial charge in [0.1, 0.15) is 6.04 Å². The molecule has 29 heavy (non-hydrogen) atoms. The lowest BCUT2D eigenvalue weighted by Gasteiger charge is -2.30. The first-order chi connectivity index (χ1) is 13.9. The first-order valence-electron chi connectivity index (χ1n) is 9.89. The van der Waals surface area contributed by atoms with E-state index in [-0.39, 0.29) is 11.8 Å². The maximum atomic E-state index is 13.1. The Kier molecular flexibility index (Phi) is 9.55. The Morgan fingerprint density at radius 1 is 1.10 bits per heavy atom. The highest BCUT2D eigenvalue weighted by Gasteiger charge is 2.28. The molecule has 0 aliphatic carbocycles. The van der Waals surface area contributed by atoms with Crippen LogP contribution in [0.25, 0.3) is 0 Å². The van der Waals surface area contributed by atoms with Crippen LogP contribution in [0.2, 0.25) is 5.02 Å². The molecule has 0 aliphatic heterocycles. The van der Waals surface area contributed by atoms with E-state index in [9.17, 15) is 9.59 Å². The summed E-state index contributed by atoms with van der Waals surface area (Å²) in [4.78, 5) is 27.4. The number of nitrogens with zero attached hydrogens (tertiary/aromatic N) is 1. The summed E-state index contributed by atoms with van der Waals surface area (Å²) in [6.07, 6.45) is 0.572. The van der Waals surface area contributed by atoms with Crippen LogP contribution in [0.5, 0.6) is 0 Å². The Labute approximate surface area is 183 Å². The van der Waals surface area contributed by atoms with Crippen LogP contribution in [0.4, 0.5) is 0 Å². The third-order valence-corrected chi connectivity index (χ3v) is 5.78. The smallest absolute Gasteiger partial charge is 0.242 e. The van der Waals surface area contributed by atoms with Crippen molar-refractivity contribution in [1.82, 2.24) is 10.2 Å². The normalized spacial score (nSPS) is 11.7. The van der Waals surface area contributed by atoms with Gasteiger partial charge in [-0.05, 0) is 43.5 Å². The van der Waals surface area contributed by atoms with E-state index in [1.807, 2.05) is 63.2 Å². The molecule has 6 heteroatoms. The number of benzene rings is 2. The molecule has 0 heterocycles. The lowest BCUT2D eigenvalue weighted by Crippen LogP contribution is -2.49. The van der Waals surface area contributed by atoms with Gasteiger partial charge in [0.2, 0.25) is 11.8 Å². The lowest BCUT2D eigenvalue weighted by molar-refractivity contribution is -0.139. The first-order valence-corrected chi connectivity index (χ1v) is 11.4. The molecule has 2 aromatic rings. The first kappa shape index (κ1) is 23.3. The van der Waals surface area contributed by atoms with Crippen molar-refractivity contribution in [2.24, 2.45) is 0 Å². The van der Waals surface area contributed by atoms with E-state index < -0.39 is 6.04 Å². The summed E-state index contributed by atoms with van der Waals surface area (Å²) < 4.78 is 0. The number of carbonyl (C=O) groups is 2. The summed E-state index contributed by atoms with van der Waals surface area (Å²) >= 11 is 7.57. The van der Waals surface area contributed by atoms with E-state index in [2.05, 4.69) is 11.4 Å². The van der Waals surface area contributed by atoms with Crippen molar-refractivity contribution < 1.29 is 9.59 Å². The third-order valence-electron chi connectivity index (χ3n) is 4.56. The third kappa shape index (κ3) is 7.41. The van der Waals surface area contributed by atoms with Crippen LogP contribution in [-0.2, 0) is 21.9 Å². The van der Waals surface area contributed by atoms with Gasteiger partial charge in [0.25, 0.3) is 0 Å². The van der Waals surface area contributed by atoms with Crippen LogP contribution < -0.4 is 5.32 Å². The zero-order chi connectivity index (χ0) is 21.2. The Morgan fingerprint density at radius 2 is 1.83 bits per heavy atom. The number of aryl methyl sites for hydroxylation is 1. The highest BCUT2D eigenvalue weighted by Crippen LogP contribution is 2.19. The molecule has 1 N–H and O–H groups in total. The summed E-state index contributed by atoms with van der Waals surface area (Å²) in [5.74, 6) is 0.879. The molecule has 2 amide bonds. The van der Waals surface area contributed by atoms with Gasteiger partial charge in [0, 0.05) is 23.9 Å². The molecule has 0 bridgehead atoms. The molecule has 2 aromatic carbocycles. The molecule has 0 aliphatic rings. The highest BCUT2D eigenvalue weighted by atomic mass is 35.5. The lowest BCUT2D eigenvalue weighted by atomic mass is 10.1. The van der Waals surface area contributed by atoms with Crippen molar-refractivity contribution in [2.45, 2.75) is 45.5 Å². The van der Waals surface area contributed by atoms with E-state index in [1.54, 1.807) is 4.90 Å².